The van der Waals surface area contributed by atoms with Crippen molar-refractivity contribution >= 4 is 22.6 Å². The maximum atomic E-state index is 13.0. The minimum Gasteiger partial charge on any atom is -0.497 e. The fourth-order valence-corrected chi connectivity index (χ4v) is 4.85. The highest BCUT2D eigenvalue weighted by Crippen LogP contribution is 2.42. The maximum absolute atomic E-state index is 13.0. The smallest absolute Gasteiger partial charge is 0.340 e. The standard InChI is InChI=1S/C23H25N3O3/c1-24-10-11-25-18-7-5-4-6-15(18)13-26-19-9-8-16(28-2)12-17(19)21(23(27)29-3)22(26)20(25)14-24/h4-9,12,20H,10-11,13-14H2,1-3H3. The summed E-state index contributed by atoms with van der Waals surface area (Å²) in [5, 5.41) is 0.888. The molecule has 0 spiro atoms. The van der Waals surface area contributed by atoms with E-state index in [-0.39, 0.29) is 12.0 Å². The second-order valence-corrected chi connectivity index (χ2v) is 7.82. The molecule has 2 aromatic carbocycles. The van der Waals surface area contributed by atoms with Gasteiger partial charge >= 0.3 is 5.97 Å². The van der Waals surface area contributed by atoms with Gasteiger partial charge in [-0.1, -0.05) is 18.2 Å². The Balaban J connectivity index is 1.85. The van der Waals surface area contributed by atoms with Gasteiger partial charge in [0.05, 0.1) is 31.5 Å². The number of likely N-dealkylation sites (N-methyl/N-ethyl adjacent to an activating group) is 1. The summed E-state index contributed by atoms with van der Waals surface area (Å²) in [5.41, 5.74) is 5.24. The molecule has 150 valence electrons. The van der Waals surface area contributed by atoms with Crippen LogP contribution in [0.25, 0.3) is 10.9 Å². The van der Waals surface area contributed by atoms with Crippen molar-refractivity contribution in [3.63, 3.8) is 0 Å². The normalized spacial score (nSPS) is 18.6. The van der Waals surface area contributed by atoms with Crippen molar-refractivity contribution in [3.05, 3.63) is 59.3 Å². The number of carbonyl (C=O) groups is 1. The van der Waals surface area contributed by atoms with Gasteiger partial charge in [0.2, 0.25) is 0 Å². The molecule has 3 aromatic rings. The Hall–Kier alpha value is -2.99. The molecule has 1 atom stereocenters. The van der Waals surface area contributed by atoms with Crippen molar-refractivity contribution in [2.45, 2.75) is 12.6 Å². The SMILES string of the molecule is COC(=O)c1c2n(c3ccc(OC)cc13)Cc1ccccc1N1CCN(C)CC21. The van der Waals surface area contributed by atoms with Crippen molar-refractivity contribution in [3.8, 4) is 5.75 Å². The van der Waals surface area contributed by atoms with Crippen LogP contribution < -0.4 is 9.64 Å². The molecule has 29 heavy (non-hydrogen) atoms. The summed E-state index contributed by atoms with van der Waals surface area (Å²) >= 11 is 0. The van der Waals surface area contributed by atoms with Crippen LogP contribution in [0.5, 0.6) is 5.75 Å². The largest absolute Gasteiger partial charge is 0.497 e. The van der Waals surface area contributed by atoms with E-state index in [2.05, 4.69) is 51.7 Å². The highest BCUT2D eigenvalue weighted by Gasteiger charge is 2.38. The zero-order valence-corrected chi connectivity index (χ0v) is 17.0. The lowest BCUT2D eigenvalue weighted by atomic mass is 10.0. The molecule has 0 bridgehead atoms. The van der Waals surface area contributed by atoms with Crippen molar-refractivity contribution in [2.75, 3.05) is 45.8 Å². The second-order valence-electron chi connectivity index (χ2n) is 7.82. The van der Waals surface area contributed by atoms with Crippen LogP contribution in [-0.4, -0.2) is 56.3 Å². The number of methoxy groups -OCH3 is 2. The van der Waals surface area contributed by atoms with E-state index in [0.717, 1.165) is 48.5 Å². The minimum absolute atomic E-state index is 0.0740. The predicted octanol–water partition coefficient (Wildman–Crippen LogP) is 3.29. The Labute approximate surface area is 170 Å². The Morgan fingerprint density at radius 1 is 1.10 bits per heavy atom. The molecule has 0 amide bonds. The van der Waals surface area contributed by atoms with Gasteiger partial charge in [0.1, 0.15) is 5.75 Å². The summed E-state index contributed by atoms with van der Waals surface area (Å²) in [4.78, 5) is 17.8. The van der Waals surface area contributed by atoms with E-state index < -0.39 is 0 Å². The molecule has 5 rings (SSSR count). The number of hydrogen-bond donors (Lipinski definition) is 0. The highest BCUT2D eigenvalue weighted by atomic mass is 16.5. The van der Waals surface area contributed by atoms with Crippen molar-refractivity contribution in [1.82, 2.24) is 9.47 Å². The average Bonchev–Trinajstić information content (AvgIpc) is 2.99. The summed E-state index contributed by atoms with van der Waals surface area (Å²) in [6.45, 7) is 3.49. The van der Waals surface area contributed by atoms with Gasteiger partial charge in [-0.25, -0.2) is 4.79 Å². The summed E-state index contributed by atoms with van der Waals surface area (Å²) in [7, 11) is 5.24. The van der Waals surface area contributed by atoms with Crippen molar-refractivity contribution in [2.24, 2.45) is 0 Å². The summed E-state index contributed by atoms with van der Waals surface area (Å²) in [6.07, 6.45) is 0. The molecule has 2 aliphatic heterocycles. The van der Waals surface area contributed by atoms with Crippen LogP contribution in [0.1, 0.15) is 27.7 Å². The zero-order chi connectivity index (χ0) is 20.1. The van der Waals surface area contributed by atoms with Gasteiger partial charge in [-0.3, -0.25) is 0 Å². The molecule has 1 fully saturated rings. The Kier molecular flexibility index (Phi) is 4.24. The molecular weight excluding hydrogens is 366 g/mol. The molecule has 0 radical (unpaired) electrons. The van der Waals surface area contributed by atoms with Crippen LogP contribution >= 0.6 is 0 Å². The van der Waals surface area contributed by atoms with Gasteiger partial charge in [0.25, 0.3) is 0 Å². The second kappa shape index (κ2) is 6.81. The number of benzene rings is 2. The van der Waals surface area contributed by atoms with Crippen LogP contribution in [0.15, 0.2) is 42.5 Å². The number of rotatable bonds is 2. The molecule has 0 saturated carbocycles. The lowest BCUT2D eigenvalue weighted by Crippen LogP contribution is -2.47. The number of aromatic nitrogens is 1. The van der Waals surface area contributed by atoms with Crippen molar-refractivity contribution in [1.29, 1.82) is 0 Å². The molecule has 2 aliphatic rings. The lowest BCUT2D eigenvalue weighted by molar-refractivity contribution is 0.0600. The van der Waals surface area contributed by atoms with Crippen LogP contribution in [0.2, 0.25) is 0 Å². The third kappa shape index (κ3) is 2.70. The fourth-order valence-electron chi connectivity index (χ4n) is 4.85. The molecular formula is C23H25N3O3. The van der Waals surface area contributed by atoms with E-state index in [1.807, 2.05) is 12.1 Å². The van der Waals surface area contributed by atoms with Gasteiger partial charge in [0, 0.05) is 42.8 Å². The number of nitrogens with zero attached hydrogens (tertiary/aromatic N) is 3. The molecule has 3 heterocycles. The third-order valence-corrected chi connectivity index (χ3v) is 6.23. The van der Waals surface area contributed by atoms with Gasteiger partial charge in [-0.15, -0.1) is 0 Å². The quantitative estimate of drug-likeness (QED) is 0.628. The predicted molar refractivity (Wildman–Crippen MR) is 113 cm³/mol. The van der Waals surface area contributed by atoms with Gasteiger partial charge in [0.15, 0.2) is 0 Å². The lowest BCUT2D eigenvalue weighted by Gasteiger charge is -2.41. The number of ether oxygens (including phenoxy) is 2. The van der Waals surface area contributed by atoms with E-state index in [4.69, 9.17) is 9.47 Å². The topological polar surface area (TPSA) is 46.9 Å². The fraction of sp³-hybridized carbons (Fsp3) is 0.348. The first-order chi connectivity index (χ1) is 14.1. The van der Waals surface area contributed by atoms with Crippen LogP contribution in [0, 0.1) is 0 Å². The van der Waals surface area contributed by atoms with Crippen LogP contribution in [-0.2, 0) is 11.3 Å². The number of esters is 1. The number of hydrogen-bond acceptors (Lipinski definition) is 5. The van der Waals surface area contributed by atoms with Gasteiger partial charge in [-0.05, 0) is 36.9 Å². The average molecular weight is 391 g/mol. The molecule has 6 nitrogen and oxygen atoms in total. The summed E-state index contributed by atoms with van der Waals surface area (Å²) in [5.74, 6) is 0.442. The molecule has 6 heteroatoms. The number of para-hydroxylation sites is 1. The number of carbonyl (C=O) groups excluding carboxylic acids is 1. The highest BCUT2D eigenvalue weighted by molar-refractivity contribution is 6.07. The number of anilines is 1. The van der Waals surface area contributed by atoms with E-state index >= 15 is 0 Å². The third-order valence-electron chi connectivity index (χ3n) is 6.23. The summed E-state index contributed by atoms with van der Waals surface area (Å²) in [6, 6.07) is 14.6. The Morgan fingerprint density at radius 3 is 2.72 bits per heavy atom. The number of piperazine rings is 1. The molecule has 0 aliphatic carbocycles. The van der Waals surface area contributed by atoms with Crippen LogP contribution in [0.4, 0.5) is 5.69 Å². The Morgan fingerprint density at radius 2 is 1.93 bits per heavy atom. The van der Waals surface area contributed by atoms with E-state index in [0.29, 0.717) is 5.56 Å². The van der Waals surface area contributed by atoms with Gasteiger partial charge < -0.3 is 23.8 Å². The summed E-state index contributed by atoms with van der Waals surface area (Å²) < 4.78 is 13.0. The Bertz CT molecular complexity index is 1100. The molecule has 1 saturated heterocycles. The first-order valence-corrected chi connectivity index (χ1v) is 9.94. The zero-order valence-electron chi connectivity index (χ0n) is 17.0. The van der Waals surface area contributed by atoms with Crippen molar-refractivity contribution < 1.29 is 14.3 Å². The molecule has 1 aromatic heterocycles. The maximum Gasteiger partial charge on any atom is 0.340 e. The first-order valence-electron chi connectivity index (χ1n) is 9.94. The molecule has 0 N–H and O–H groups in total. The molecule has 1 unspecified atom stereocenters. The number of fused-ring (bicyclic) bond motifs is 7. The van der Waals surface area contributed by atoms with E-state index in [1.165, 1.54) is 18.4 Å². The van der Waals surface area contributed by atoms with E-state index in [1.54, 1.807) is 7.11 Å². The van der Waals surface area contributed by atoms with Gasteiger partial charge in [-0.2, -0.15) is 0 Å². The van der Waals surface area contributed by atoms with E-state index in [9.17, 15) is 4.79 Å². The first kappa shape index (κ1) is 18.1. The van der Waals surface area contributed by atoms with Crippen LogP contribution in [0.3, 0.4) is 0 Å². The minimum atomic E-state index is -0.295. The monoisotopic (exact) mass is 391 g/mol.